The first-order valence-electron chi connectivity index (χ1n) is 12.0. The number of carbonyl (C=O) groups is 1. The van der Waals surface area contributed by atoms with Crippen LogP contribution in [0.1, 0.15) is 43.0 Å². The van der Waals surface area contributed by atoms with Crippen LogP contribution in [0.5, 0.6) is 5.75 Å². The lowest BCUT2D eigenvalue weighted by Gasteiger charge is -2.29. The van der Waals surface area contributed by atoms with E-state index in [2.05, 4.69) is 32.9 Å². The zero-order chi connectivity index (χ0) is 24.4. The third-order valence-electron chi connectivity index (χ3n) is 6.35. The number of amides is 2. The van der Waals surface area contributed by atoms with Crippen molar-refractivity contribution in [3.8, 4) is 34.7 Å². The van der Waals surface area contributed by atoms with Crippen molar-refractivity contribution in [1.82, 2.24) is 25.7 Å². The number of carbonyl (C=O) groups excluding carboxylic acids is 1. The van der Waals surface area contributed by atoms with Gasteiger partial charge in [0, 0.05) is 37.3 Å². The van der Waals surface area contributed by atoms with Crippen molar-refractivity contribution in [2.24, 2.45) is 0 Å². The summed E-state index contributed by atoms with van der Waals surface area (Å²) in [5.41, 5.74) is 4.20. The van der Waals surface area contributed by atoms with Crippen LogP contribution in [0.4, 0.5) is 4.79 Å². The van der Waals surface area contributed by atoms with Crippen molar-refractivity contribution in [2.45, 2.75) is 38.8 Å². The van der Waals surface area contributed by atoms with E-state index in [0.717, 1.165) is 55.7 Å². The molecular weight excluding hydrogens is 444 g/mol. The number of fused-ring (bicyclic) bond motifs is 1. The minimum absolute atomic E-state index is 0.0187. The Balaban J connectivity index is 1.37. The number of urea groups is 1. The molecule has 1 aliphatic carbocycles. The Morgan fingerprint density at radius 2 is 2.11 bits per heavy atom. The summed E-state index contributed by atoms with van der Waals surface area (Å²) in [4.78, 5) is 19.2. The molecule has 2 amide bonds. The molecule has 1 aliphatic heterocycles. The predicted molar refractivity (Wildman–Crippen MR) is 130 cm³/mol. The molecule has 3 aromatic rings. The number of ether oxygens (including phenoxy) is 1. The Morgan fingerprint density at radius 1 is 1.29 bits per heavy atom. The molecule has 2 aliphatic rings. The van der Waals surface area contributed by atoms with E-state index in [1.54, 1.807) is 12.1 Å². The fourth-order valence-electron chi connectivity index (χ4n) is 4.68. The number of benzene rings is 2. The molecule has 1 saturated heterocycles. The number of rotatable bonds is 5. The van der Waals surface area contributed by atoms with Crippen LogP contribution in [0.15, 0.2) is 40.9 Å². The number of hydrogen-bond acceptors (Lipinski definition) is 7. The van der Waals surface area contributed by atoms with Gasteiger partial charge in [-0.2, -0.15) is 10.2 Å². The Kier molecular flexibility index (Phi) is 6.38. The molecular formula is C26H28N6O3. The molecule has 9 nitrogen and oxygen atoms in total. The summed E-state index contributed by atoms with van der Waals surface area (Å²) in [5, 5.41) is 20.2. The van der Waals surface area contributed by atoms with Crippen LogP contribution in [-0.4, -0.2) is 53.4 Å². The number of nitriles is 1. The minimum Gasteiger partial charge on any atom is -0.490 e. The Morgan fingerprint density at radius 3 is 2.89 bits per heavy atom. The van der Waals surface area contributed by atoms with E-state index >= 15 is 0 Å². The van der Waals surface area contributed by atoms with Crippen molar-refractivity contribution in [3.63, 3.8) is 0 Å². The third-order valence-corrected chi connectivity index (χ3v) is 6.35. The highest BCUT2D eigenvalue weighted by Gasteiger charge is 2.29. The van der Waals surface area contributed by atoms with Gasteiger partial charge in [0.15, 0.2) is 0 Å². The lowest BCUT2D eigenvalue weighted by molar-refractivity contribution is 0.186. The van der Waals surface area contributed by atoms with E-state index in [4.69, 9.17) is 9.26 Å². The van der Waals surface area contributed by atoms with Gasteiger partial charge in [0.2, 0.25) is 5.82 Å². The van der Waals surface area contributed by atoms with E-state index in [-0.39, 0.29) is 18.2 Å². The molecule has 1 fully saturated rings. The predicted octanol–water partition coefficient (Wildman–Crippen LogP) is 3.66. The summed E-state index contributed by atoms with van der Waals surface area (Å²) in [6.07, 6.45) is 1.62. The van der Waals surface area contributed by atoms with Crippen LogP contribution in [0.2, 0.25) is 0 Å². The van der Waals surface area contributed by atoms with Gasteiger partial charge in [-0.1, -0.05) is 23.4 Å². The topological polar surface area (TPSA) is 116 Å². The second-order valence-corrected chi connectivity index (χ2v) is 9.06. The third kappa shape index (κ3) is 4.70. The van der Waals surface area contributed by atoms with Crippen LogP contribution in [-0.2, 0) is 6.42 Å². The van der Waals surface area contributed by atoms with E-state index < -0.39 is 0 Å². The fourth-order valence-corrected chi connectivity index (χ4v) is 4.68. The molecule has 1 aromatic heterocycles. The summed E-state index contributed by atoms with van der Waals surface area (Å²) in [7, 11) is 0. The first kappa shape index (κ1) is 22.9. The number of piperazine rings is 1. The largest absolute Gasteiger partial charge is 0.490 e. The molecule has 1 atom stereocenters. The monoisotopic (exact) mass is 472 g/mol. The summed E-state index contributed by atoms with van der Waals surface area (Å²) >= 11 is 0. The average molecular weight is 473 g/mol. The zero-order valence-corrected chi connectivity index (χ0v) is 19.9. The smallest absolute Gasteiger partial charge is 0.317 e. The van der Waals surface area contributed by atoms with Crippen molar-refractivity contribution < 1.29 is 14.1 Å². The molecule has 180 valence electrons. The van der Waals surface area contributed by atoms with Gasteiger partial charge in [0.1, 0.15) is 11.8 Å². The summed E-state index contributed by atoms with van der Waals surface area (Å²) in [6, 6.07) is 13.4. The molecule has 0 unspecified atom stereocenters. The molecule has 2 aromatic carbocycles. The minimum atomic E-state index is -0.0367. The van der Waals surface area contributed by atoms with E-state index in [9.17, 15) is 10.1 Å². The van der Waals surface area contributed by atoms with Crippen LogP contribution in [0.25, 0.3) is 22.8 Å². The van der Waals surface area contributed by atoms with Crippen molar-refractivity contribution in [3.05, 3.63) is 53.1 Å². The Labute approximate surface area is 204 Å². The van der Waals surface area contributed by atoms with Crippen LogP contribution >= 0.6 is 0 Å². The summed E-state index contributed by atoms with van der Waals surface area (Å²) in [6.45, 7) is 6.91. The molecule has 2 N–H and O–H groups in total. The van der Waals surface area contributed by atoms with Gasteiger partial charge in [-0.25, -0.2) is 4.79 Å². The lowest BCUT2D eigenvalue weighted by Crippen LogP contribution is -2.50. The first-order valence-corrected chi connectivity index (χ1v) is 12.0. The molecule has 0 saturated carbocycles. The van der Waals surface area contributed by atoms with Crippen molar-refractivity contribution >= 4 is 6.03 Å². The van der Waals surface area contributed by atoms with Gasteiger partial charge in [0.25, 0.3) is 5.89 Å². The van der Waals surface area contributed by atoms with Gasteiger partial charge >= 0.3 is 6.03 Å². The van der Waals surface area contributed by atoms with Gasteiger partial charge in [-0.15, -0.1) is 0 Å². The van der Waals surface area contributed by atoms with E-state index in [1.807, 2.05) is 36.9 Å². The number of nitrogens with zero attached hydrogens (tertiary/aromatic N) is 4. The van der Waals surface area contributed by atoms with Crippen molar-refractivity contribution in [2.75, 3.05) is 26.2 Å². The highest BCUT2D eigenvalue weighted by Crippen LogP contribution is 2.37. The highest BCUT2D eigenvalue weighted by molar-refractivity contribution is 5.76. The lowest BCUT2D eigenvalue weighted by atomic mass is 10.0. The molecule has 0 spiro atoms. The number of nitrogens with one attached hydrogen (secondary N) is 2. The molecule has 0 radical (unpaired) electrons. The molecule has 2 heterocycles. The van der Waals surface area contributed by atoms with Gasteiger partial charge < -0.3 is 24.8 Å². The van der Waals surface area contributed by atoms with Crippen LogP contribution in [0, 0.1) is 11.3 Å². The molecule has 0 bridgehead atoms. The quantitative estimate of drug-likeness (QED) is 0.582. The second-order valence-electron chi connectivity index (χ2n) is 9.06. The van der Waals surface area contributed by atoms with Gasteiger partial charge in [0.05, 0.1) is 17.7 Å². The highest BCUT2D eigenvalue weighted by atomic mass is 16.5. The molecule has 5 rings (SSSR count). The molecule has 9 heteroatoms. The number of hydrogen-bond donors (Lipinski definition) is 2. The van der Waals surface area contributed by atoms with E-state index in [1.165, 1.54) is 0 Å². The summed E-state index contributed by atoms with van der Waals surface area (Å²) in [5.74, 6) is 1.36. The SMILES string of the molecule is CC(C)Oc1ccc(-c2nc(-c3cccc4c3CC[C@@H]4NC(=O)N3CCNCC3)no2)cc1C#N. The van der Waals surface area contributed by atoms with E-state index in [0.29, 0.717) is 28.6 Å². The first-order chi connectivity index (χ1) is 17.0. The fraction of sp³-hybridized carbons (Fsp3) is 0.385. The standard InChI is InChI=1S/C26H28N6O3/c1-16(2)34-23-9-6-17(14-18(23)15-27)25-30-24(31-35-25)21-5-3-4-20-19(21)7-8-22(20)29-26(33)32-12-10-28-11-13-32/h3-6,9,14,16,22,28H,7-8,10-13H2,1-2H3,(H,29,33)/t22-/m0/s1. The maximum Gasteiger partial charge on any atom is 0.317 e. The Bertz CT molecular complexity index is 1270. The maximum atomic E-state index is 12.7. The molecule has 35 heavy (non-hydrogen) atoms. The average Bonchev–Trinajstić information content (AvgIpc) is 3.52. The zero-order valence-electron chi connectivity index (χ0n) is 19.9. The summed E-state index contributed by atoms with van der Waals surface area (Å²) < 4.78 is 11.3. The normalized spacial score (nSPS) is 17.2. The maximum absolute atomic E-state index is 12.7. The van der Waals surface area contributed by atoms with Crippen LogP contribution < -0.4 is 15.4 Å². The van der Waals surface area contributed by atoms with Crippen LogP contribution in [0.3, 0.4) is 0 Å². The van der Waals surface area contributed by atoms with Gasteiger partial charge in [-0.05, 0) is 56.0 Å². The van der Waals surface area contributed by atoms with Crippen molar-refractivity contribution in [1.29, 1.82) is 5.26 Å². The Hall–Kier alpha value is -3.90. The van der Waals surface area contributed by atoms with Gasteiger partial charge in [-0.3, -0.25) is 0 Å². The second kappa shape index (κ2) is 9.76. The number of aromatic nitrogens is 2.